The van der Waals surface area contributed by atoms with Gasteiger partial charge in [0.25, 0.3) is 0 Å². The molecule has 0 spiro atoms. The zero-order chi connectivity index (χ0) is 16.9. The standard InChI is InChI=1S/C20H18Cl2N2/c21-18-11-17(23)12-19(22)20(18)24(13-15-7-3-1-4-8-15)14-16-9-5-2-6-10-16/h1-12H,13-14,23H2. The maximum atomic E-state index is 6.46. The van der Waals surface area contributed by atoms with Gasteiger partial charge < -0.3 is 10.6 Å². The molecule has 0 fully saturated rings. The summed E-state index contributed by atoms with van der Waals surface area (Å²) in [5, 5.41) is 1.12. The van der Waals surface area contributed by atoms with Gasteiger partial charge in [0.1, 0.15) is 0 Å². The minimum atomic E-state index is 0.562. The van der Waals surface area contributed by atoms with Gasteiger partial charge in [0.2, 0.25) is 0 Å². The number of halogens is 2. The van der Waals surface area contributed by atoms with Gasteiger partial charge in [-0.05, 0) is 23.3 Å². The average Bonchev–Trinajstić information content (AvgIpc) is 2.55. The summed E-state index contributed by atoms with van der Waals surface area (Å²) in [6.45, 7) is 1.41. The molecular weight excluding hydrogens is 339 g/mol. The predicted octanol–water partition coefficient (Wildman–Crippen LogP) is 5.78. The number of nitrogens with zero attached hydrogens (tertiary/aromatic N) is 1. The van der Waals surface area contributed by atoms with Crippen molar-refractivity contribution in [1.29, 1.82) is 0 Å². The maximum absolute atomic E-state index is 6.46. The van der Waals surface area contributed by atoms with Gasteiger partial charge in [0, 0.05) is 18.8 Å². The fourth-order valence-corrected chi connectivity index (χ4v) is 3.45. The summed E-state index contributed by atoms with van der Waals surface area (Å²) >= 11 is 12.9. The molecule has 0 unspecified atom stereocenters. The van der Waals surface area contributed by atoms with Crippen molar-refractivity contribution >= 4 is 34.6 Å². The Morgan fingerprint density at radius 3 is 1.54 bits per heavy atom. The third-order valence-electron chi connectivity index (χ3n) is 3.79. The molecule has 0 atom stereocenters. The van der Waals surface area contributed by atoms with Crippen molar-refractivity contribution in [3.05, 3.63) is 94.0 Å². The van der Waals surface area contributed by atoms with Crippen molar-refractivity contribution in [2.24, 2.45) is 0 Å². The van der Waals surface area contributed by atoms with E-state index in [4.69, 9.17) is 28.9 Å². The van der Waals surface area contributed by atoms with E-state index in [0.717, 1.165) is 5.69 Å². The zero-order valence-corrected chi connectivity index (χ0v) is 14.6. The largest absolute Gasteiger partial charge is 0.399 e. The van der Waals surface area contributed by atoms with E-state index in [-0.39, 0.29) is 0 Å². The summed E-state index contributed by atoms with van der Waals surface area (Å²) in [5.74, 6) is 0. The van der Waals surface area contributed by atoms with Crippen molar-refractivity contribution in [2.45, 2.75) is 13.1 Å². The topological polar surface area (TPSA) is 29.3 Å². The van der Waals surface area contributed by atoms with Crippen molar-refractivity contribution in [2.75, 3.05) is 10.6 Å². The van der Waals surface area contributed by atoms with E-state index in [1.807, 2.05) is 36.4 Å². The van der Waals surface area contributed by atoms with Crippen molar-refractivity contribution in [1.82, 2.24) is 0 Å². The molecule has 3 aromatic carbocycles. The molecule has 0 heterocycles. The molecule has 0 aliphatic heterocycles. The quantitative estimate of drug-likeness (QED) is 0.586. The van der Waals surface area contributed by atoms with Gasteiger partial charge in [-0.3, -0.25) is 0 Å². The molecule has 0 aromatic heterocycles. The van der Waals surface area contributed by atoms with Crippen LogP contribution in [-0.2, 0) is 13.1 Å². The van der Waals surface area contributed by atoms with Crippen molar-refractivity contribution in [3.8, 4) is 0 Å². The number of hydrogen-bond donors (Lipinski definition) is 1. The number of anilines is 2. The fraction of sp³-hybridized carbons (Fsp3) is 0.100. The molecular formula is C20H18Cl2N2. The molecule has 0 amide bonds. The Balaban J connectivity index is 1.98. The third-order valence-corrected chi connectivity index (χ3v) is 4.36. The summed E-state index contributed by atoms with van der Waals surface area (Å²) in [4.78, 5) is 2.18. The molecule has 0 aliphatic rings. The van der Waals surface area contributed by atoms with E-state index in [1.54, 1.807) is 12.1 Å². The maximum Gasteiger partial charge on any atom is 0.0752 e. The molecule has 0 bridgehead atoms. The van der Waals surface area contributed by atoms with Crippen LogP contribution in [0.15, 0.2) is 72.8 Å². The molecule has 0 saturated carbocycles. The highest BCUT2D eigenvalue weighted by Crippen LogP contribution is 2.37. The normalized spacial score (nSPS) is 10.6. The van der Waals surface area contributed by atoms with Crippen LogP contribution < -0.4 is 10.6 Å². The Labute approximate surface area is 152 Å². The third kappa shape index (κ3) is 4.02. The smallest absolute Gasteiger partial charge is 0.0752 e. The molecule has 3 aromatic rings. The zero-order valence-electron chi connectivity index (χ0n) is 13.1. The molecule has 24 heavy (non-hydrogen) atoms. The van der Waals surface area contributed by atoms with Gasteiger partial charge in [-0.15, -0.1) is 0 Å². The second-order valence-corrected chi connectivity index (χ2v) is 6.47. The Morgan fingerprint density at radius 1 is 0.708 bits per heavy atom. The first kappa shape index (κ1) is 16.7. The minimum absolute atomic E-state index is 0.562. The van der Waals surface area contributed by atoms with Crippen LogP contribution in [0.1, 0.15) is 11.1 Å². The highest BCUT2D eigenvalue weighted by Gasteiger charge is 2.16. The lowest BCUT2D eigenvalue weighted by Gasteiger charge is -2.27. The van der Waals surface area contributed by atoms with E-state index >= 15 is 0 Å². The molecule has 2 N–H and O–H groups in total. The first-order valence-electron chi connectivity index (χ1n) is 7.71. The lowest BCUT2D eigenvalue weighted by molar-refractivity contribution is 0.800. The van der Waals surface area contributed by atoms with Crippen LogP contribution in [0.4, 0.5) is 11.4 Å². The van der Waals surface area contributed by atoms with Gasteiger partial charge in [0.15, 0.2) is 0 Å². The average molecular weight is 357 g/mol. The number of benzene rings is 3. The SMILES string of the molecule is Nc1cc(Cl)c(N(Cc2ccccc2)Cc2ccccc2)c(Cl)c1. The Bertz CT molecular complexity index is 740. The number of nitrogens with two attached hydrogens (primary N) is 1. The second kappa shape index (κ2) is 7.61. The van der Waals surface area contributed by atoms with Crippen LogP contribution in [0, 0.1) is 0 Å². The molecule has 3 rings (SSSR count). The first-order valence-corrected chi connectivity index (χ1v) is 8.46. The summed E-state index contributed by atoms with van der Waals surface area (Å²) < 4.78 is 0. The van der Waals surface area contributed by atoms with Crippen LogP contribution in [0.5, 0.6) is 0 Å². The number of rotatable bonds is 5. The summed E-state index contributed by atoms with van der Waals surface area (Å²) in [6, 6.07) is 24.0. The molecule has 0 radical (unpaired) electrons. The van der Waals surface area contributed by atoms with Crippen LogP contribution in [0.2, 0.25) is 10.0 Å². The fourth-order valence-electron chi connectivity index (χ4n) is 2.71. The highest BCUT2D eigenvalue weighted by molar-refractivity contribution is 6.39. The molecule has 0 aliphatic carbocycles. The van der Waals surface area contributed by atoms with Crippen molar-refractivity contribution in [3.63, 3.8) is 0 Å². The van der Waals surface area contributed by atoms with Gasteiger partial charge in [-0.2, -0.15) is 0 Å². The Hall–Kier alpha value is -2.16. The second-order valence-electron chi connectivity index (χ2n) is 5.66. The lowest BCUT2D eigenvalue weighted by atomic mass is 10.1. The van der Waals surface area contributed by atoms with E-state index in [1.165, 1.54) is 11.1 Å². The lowest BCUT2D eigenvalue weighted by Crippen LogP contribution is -2.23. The first-order chi connectivity index (χ1) is 11.6. The van der Waals surface area contributed by atoms with E-state index in [0.29, 0.717) is 28.8 Å². The van der Waals surface area contributed by atoms with Crippen LogP contribution in [-0.4, -0.2) is 0 Å². The summed E-state index contributed by atoms with van der Waals surface area (Å²) in [5.41, 5.74) is 9.60. The Morgan fingerprint density at radius 2 is 1.12 bits per heavy atom. The monoisotopic (exact) mass is 356 g/mol. The predicted molar refractivity (Wildman–Crippen MR) is 104 cm³/mol. The Kier molecular flexibility index (Phi) is 5.29. The van der Waals surface area contributed by atoms with Gasteiger partial charge in [-0.25, -0.2) is 0 Å². The molecule has 2 nitrogen and oxygen atoms in total. The van der Waals surface area contributed by atoms with Gasteiger partial charge >= 0.3 is 0 Å². The van der Waals surface area contributed by atoms with E-state index in [9.17, 15) is 0 Å². The number of nitrogen functional groups attached to an aromatic ring is 1. The van der Waals surface area contributed by atoms with Gasteiger partial charge in [-0.1, -0.05) is 83.9 Å². The molecule has 0 saturated heterocycles. The van der Waals surface area contributed by atoms with Crippen LogP contribution in [0.25, 0.3) is 0 Å². The minimum Gasteiger partial charge on any atom is -0.399 e. The molecule has 4 heteroatoms. The highest BCUT2D eigenvalue weighted by atomic mass is 35.5. The van der Waals surface area contributed by atoms with Crippen molar-refractivity contribution < 1.29 is 0 Å². The van der Waals surface area contributed by atoms with Gasteiger partial charge in [0.05, 0.1) is 15.7 Å². The number of hydrogen-bond acceptors (Lipinski definition) is 2. The summed E-state index contributed by atoms with van der Waals surface area (Å²) in [7, 11) is 0. The summed E-state index contributed by atoms with van der Waals surface area (Å²) in [6.07, 6.45) is 0. The molecule has 122 valence electrons. The van der Waals surface area contributed by atoms with Crippen LogP contribution >= 0.6 is 23.2 Å². The van der Waals surface area contributed by atoms with E-state index in [2.05, 4.69) is 29.2 Å². The van der Waals surface area contributed by atoms with E-state index < -0.39 is 0 Å². The van der Waals surface area contributed by atoms with Crippen LogP contribution in [0.3, 0.4) is 0 Å².